The third kappa shape index (κ3) is 4.22. The fraction of sp³-hybridized carbons (Fsp3) is 0.438. The van der Waals surface area contributed by atoms with E-state index in [2.05, 4.69) is 23.9 Å². The second-order valence-electron chi connectivity index (χ2n) is 5.63. The van der Waals surface area contributed by atoms with Crippen molar-refractivity contribution in [3.05, 3.63) is 34.9 Å². The van der Waals surface area contributed by atoms with Crippen LogP contribution in [0.4, 0.5) is 5.69 Å². The van der Waals surface area contributed by atoms with E-state index in [9.17, 15) is 4.79 Å². The van der Waals surface area contributed by atoms with Crippen LogP contribution in [-0.2, 0) is 4.79 Å². The van der Waals surface area contributed by atoms with E-state index in [1.54, 1.807) is 6.08 Å². The summed E-state index contributed by atoms with van der Waals surface area (Å²) in [5, 5.41) is 9.33. The van der Waals surface area contributed by atoms with Crippen molar-refractivity contribution in [2.45, 2.75) is 18.9 Å². The zero-order valence-corrected chi connectivity index (χ0v) is 13.2. The first kappa shape index (κ1) is 15.9. The van der Waals surface area contributed by atoms with E-state index in [0.29, 0.717) is 11.1 Å². The molecule has 2 rings (SSSR count). The number of rotatable bonds is 5. The Morgan fingerprint density at radius 1 is 1.52 bits per heavy atom. The standard InChI is InChI=1S/C16H21ClN2O2/c1-18(2)11-13-4-3-9-19(13)15-7-5-12(10-14(15)17)6-8-16(20)21/h5-8,10,13H,3-4,9,11H2,1-2H3,(H,20,21)/b8-6+. The van der Waals surface area contributed by atoms with Crippen molar-refractivity contribution in [1.82, 2.24) is 4.90 Å². The van der Waals surface area contributed by atoms with Crippen LogP contribution in [-0.4, -0.2) is 49.2 Å². The highest BCUT2D eigenvalue weighted by molar-refractivity contribution is 6.33. The van der Waals surface area contributed by atoms with Crippen molar-refractivity contribution in [3.8, 4) is 0 Å². The third-order valence-electron chi connectivity index (χ3n) is 3.65. The monoisotopic (exact) mass is 308 g/mol. The lowest BCUT2D eigenvalue weighted by Gasteiger charge is -2.29. The number of likely N-dealkylation sites (N-methyl/N-ethyl adjacent to an activating group) is 1. The molecule has 0 aliphatic carbocycles. The van der Waals surface area contributed by atoms with Gasteiger partial charge in [-0.2, -0.15) is 0 Å². The van der Waals surface area contributed by atoms with Crippen LogP contribution < -0.4 is 4.90 Å². The molecule has 21 heavy (non-hydrogen) atoms. The summed E-state index contributed by atoms with van der Waals surface area (Å²) in [7, 11) is 4.16. The SMILES string of the molecule is CN(C)CC1CCCN1c1ccc(/C=C/C(=O)O)cc1Cl. The lowest BCUT2D eigenvalue weighted by molar-refractivity contribution is -0.131. The summed E-state index contributed by atoms with van der Waals surface area (Å²) in [6.45, 7) is 2.03. The highest BCUT2D eigenvalue weighted by Gasteiger charge is 2.26. The van der Waals surface area contributed by atoms with E-state index < -0.39 is 5.97 Å². The maximum absolute atomic E-state index is 10.5. The maximum atomic E-state index is 10.5. The maximum Gasteiger partial charge on any atom is 0.328 e. The molecule has 0 radical (unpaired) electrons. The van der Waals surface area contributed by atoms with Gasteiger partial charge < -0.3 is 14.9 Å². The molecule has 1 unspecified atom stereocenters. The van der Waals surface area contributed by atoms with Gasteiger partial charge in [0, 0.05) is 25.2 Å². The number of hydrogen-bond acceptors (Lipinski definition) is 3. The zero-order valence-electron chi connectivity index (χ0n) is 12.4. The van der Waals surface area contributed by atoms with Crippen molar-refractivity contribution in [2.24, 2.45) is 0 Å². The van der Waals surface area contributed by atoms with Gasteiger partial charge in [-0.15, -0.1) is 0 Å². The number of carboxylic acids is 1. The van der Waals surface area contributed by atoms with Crippen LogP contribution in [0.5, 0.6) is 0 Å². The second-order valence-corrected chi connectivity index (χ2v) is 6.04. The summed E-state index contributed by atoms with van der Waals surface area (Å²) in [6.07, 6.45) is 5.03. The number of carboxylic acid groups (broad SMARTS) is 1. The second kappa shape index (κ2) is 6.96. The van der Waals surface area contributed by atoms with Crippen molar-refractivity contribution in [2.75, 3.05) is 32.1 Å². The predicted molar refractivity (Wildman–Crippen MR) is 87.0 cm³/mol. The molecule has 1 aliphatic rings. The van der Waals surface area contributed by atoms with Gasteiger partial charge in [-0.1, -0.05) is 17.7 Å². The highest BCUT2D eigenvalue weighted by Crippen LogP contribution is 2.33. The Kier molecular flexibility index (Phi) is 5.26. The van der Waals surface area contributed by atoms with Crippen LogP contribution >= 0.6 is 11.6 Å². The molecule has 4 nitrogen and oxygen atoms in total. The number of carbonyl (C=O) groups is 1. The Balaban J connectivity index is 2.18. The Labute approximate surface area is 130 Å². The molecule has 1 saturated heterocycles. The first-order chi connectivity index (χ1) is 9.97. The molecule has 1 N–H and O–H groups in total. The van der Waals surface area contributed by atoms with Crippen molar-refractivity contribution in [3.63, 3.8) is 0 Å². The number of nitrogens with zero attached hydrogens (tertiary/aromatic N) is 2. The molecule has 0 spiro atoms. The number of halogens is 1. The quantitative estimate of drug-likeness (QED) is 0.849. The Bertz CT molecular complexity index is 543. The third-order valence-corrected chi connectivity index (χ3v) is 3.96. The normalized spacial score (nSPS) is 18.9. The summed E-state index contributed by atoms with van der Waals surface area (Å²) in [4.78, 5) is 15.1. The highest BCUT2D eigenvalue weighted by atomic mass is 35.5. The van der Waals surface area contributed by atoms with Gasteiger partial charge in [0.15, 0.2) is 0 Å². The number of benzene rings is 1. The van der Waals surface area contributed by atoms with Gasteiger partial charge in [0.25, 0.3) is 0 Å². The Hall–Kier alpha value is -1.52. The van der Waals surface area contributed by atoms with E-state index in [1.165, 1.54) is 12.8 Å². The van der Waals surface area contributed by atoms with Crippen LogP contribution in [0.1, 0.15) is 18.4 Å². The molecule has 0 aromatic heterocycles. The minimum Gasteiger partial charge on any atom is -0.478 e. The molecule has 1 aliphatic heterocycles. The molecule has 0 bridgehead atoms. The molecule has 1 heterocycles. The van der Waals surface area contributed by atoms with Crippen LogP contribution in [0.15, 0.2) is 24.3 Å². The van der Waals surface area contributed by atoms with E-state index in [-0.39, 0.29) is 0 Å². The Morgan fingerprint density at radius 3 is 2.90 bits per heavy atom. The van der Waals surface area contributed by atoms with Crippen LogP contribution in [0.3, 0.4) is 0 Å². The van der Waals surface area contributed by atoms with Gasteiger partial charge in [0.05, 0.1) is 10.7 Å². The van der Waals surface area contributed by atoms with Crippen LogP contribution in [0.2, 0.25) is 5.02 Å². The minimum atomic E-state index is -0.958. The first-order valence-corrected chi connectivity index (χ1v) is 7.47. The molecule has 1 fully saturated rings. The lowest BCUT2D eigenvalue weighted by Crippen LogP contribution is -2.37. The minimum absolute atomic E-state index is 0.484. The van der Waals surface area contributed by atoms with Crippen LogP contribution in [0, 0.1) is 0 Å². The molecular formula is C16H21ClN2O2. The van der Waals surface area contributed by atoms with E-state index in [1.807, 2.05) is 18.2 Å². The van der Waals surface area contributed by atoms with E-state index in [4.69, 9.17) is 16.7 Å². The van der Waals surface area contributed by atoms with Crippen molar-refractivity contribution >= 4 is 29.3 Å². The number of hydrogen-bond donors (Lipinski definition) is 1. The first-order valence-electron chi connectivity index (χ1n) is 7.09. The lowest BCUT2D eigenvalue weighted by atomic mass is 10.1. The average Bonchev–Trinajstić information content (AvgIpc) is 2.83. The predicted octanol–water partition coefficient (Wildman–Crippen LogP) is 2.97. The van der Waals surface area contributed by atoms with Crippen molar-refractivity contribution < 1.29 is 9.90 Å². The summed E-state index contributed by atoms with van der Waals surface area (Å²) in [5.74, 6) is -0.958. The van der Waals surface area contributed by atoms with Crippen LogP contribution in [0.25, 0.3) is 6.08 Å². The van der Waals surface area contributed by atoms with E-state index in [0.717, 1.165) is 30.4 Å². The molecule has 0 amide bonds. The summed E-state index contributed by atoms with van der Waals surface area (Å²) >= 11 is 6.39. The number of anilines is 1. The smallest absolute Gasteiger partial charge is 0.328 e. The molecule has 1 aromatic rings. The van der Waals surface area contributed by atoms with Gasteiger partial charge in [-0.25, -0.2) is 4.79 Å². The fourth-order valence-corrected chi connectivity index (χ4v) is 3.09. The largest absolute Gasteiger partial charge is 0.478 e. The van der Waals surface area contributed by atoms with Gasteiger partial charge in [-0.05, 0) is 50.7 Å². The summed E-state index contributed by atoms with van der Waals surface area (Å²) in [5.41, 5.74) is 1.84. The number of aliphatic carboxylic acids is 1. The Morgan fingerprint density at radius 2 is 2.29 bits per heavy atom. The van der Waals surface area contributed by atoms with E-state index >= 15 is 0 Å². The van der Waals surface area contributed by atoms with Gasteiger partial charge in [-0.3, -0.25) is 0 Å². The zero-order chi connectivity index (χ0) is 15.4. The molecule has 114 valence electrons. The summed E-state index contributed by atoms with van der Waals surface area (Å²) < 4.78 is 0. The molecule has 0 saturated carbocycles. The molecular weight excluding hydrogens is 288 g/mol. The van der Waals surface area contributed by atoms with Crippen molar-refractivity contribution in [1.29, 1.82) is 0 Å². The molecule has 5 heteroatoms. The van der Waals surface area contributed by atoms with Gasteiger partial charge >= 0.3 is 5.97 Å². The molecule has 1 atom stereocenters. The fourth-order valence-electron chi connectivity index (χ4n) is 2.79. The van der Waals surface area contributed by atoms with Gasteiger partial charge in [0.1, 0.15) is 0 Å². The molecule has 1 aromatic carbocycles. The van der Waals surface area contributed by atoms with Gasteiger partial charge in [0.2, 0.25) is 0 Å². The average molecular weight is 309 g/mol. The summed E-state index contributed by atoms with van der Waals surface area (Å²) in [6, 6.07) is 6.20. The topological polar surface area (TPSA) is 43.8 Å².